The molecule has 1 aliphatic heterocycles. The highest BCUT2D eigenvalue weighted by atomic mass is 16.5. The van der Waals surface area contributed by atoms with Crippen molar-refractivity contribution in [2.45, 2.75) is 12.8 Å². The second-order valence-electron chi connectivity index (χ2n) is 6.52. The van der Waals surface area contributed by atoms with Crippen molar-refractivity contribution in [3.63, 3.8) is 0 Å². The summed E-state index contributed by atoms with van der Waals surface area (Å²) in [5.74, 6) is 1.85. The minimum Gasteiger partial charge on any atom is -0.493 e. The molecule has 0 radical (unpaired) electrons. The lowest BCUT2D eigenvalue weighted by Gasteiger charge is -2.22. The van der Waals surface area contributed by atoms with E-state index in [2.05, 4.69) is 5.32 Å². The van der Waals surface area contributed by atoms with E-state index < -0.39 is 0 Å². The normalized spacial score (nSPS) is 17.5. The molecule has 4 nitrogen and oxygen atoms in total. The number of benzene rings is 2. The Morgan fingerprint density at radius 1 is 1.12 bits per heavy atom. The molecule has 1 fully saturated rings. The molecule has 128 valence electrons. The second kappa shape index (κ2) is 7.11. The molecule has 4 heteroatoms. The number of ether oxygens (including phenoxy) is 1. The Morgan fingerprint density at radius 2 is 2.00 bits per heavy atom. The molecule has 1 atom stereocenters. The maximum atomic E-state index is 12.4. The van der Waals surface area contributed by atoms with Gasteiger partial charge in [-0.2, -0.15) is 0 Å². The van der Waals surface area contributed by atoms with E-state index in [4.69, 9.17) is 9.15 Å². The molecule has 2 heterocycles. The van der Waals surface area contributed by atoms with Crippen LogP contribution in [0.2, 0.25) is 0 Å². The van der Waals surface area contributed by atoms with E-state index in [0.29, 0.717) is 29.3 Å². The third-order valence-electron chi connectivity index (χ3n) is 4.64. The fourth-order valence-corrected chi connectivity index (χ4v) is 3.25. The van der Waals surface area contributed by atoms with Crippen molar-refractivity contribution in [3.8, 4) is 17.1 Å². The van der Waals surface area contributed by atoms with E-state index in [-0.39, 0.29) is 5.43 Å². The third kappa shape index (κ3) is 3.59. The maximum absolute atomic E-state index is 12.4. The molecule has 3 aromatic rings. The smallest absolute Gasteiger partial charge is 0.193 e. The Kier molecular flexibility index (Phi) is 4.53. The maximum Gasteiger partial charge on any atom is 0.193 e. The van der Waals surface area contributed by atoms with E-state index in [0.717, 1.165) is 24.4 Å². The average Bonchev–Trinajstić information content (AvgIpc) is 2.67. The van der Waals surface area contributed by atoms with Gasteiger partial charge in [0, 0.05) is 30.2 Å². The summed E-state index contributed by atoms with van der Waals surface area (Å²) in [5, 5.41) is 3.97. The van der Waals surface area contributed by atoms with Crippen LogP contribution in [0.3, 0.4) is 0 Å². The van der Waals surface area contributed by atoms with E-state index in [1.807, 2.05) is 42.5 Å². The lowest BCUT2D eigenvalue weighted by Crippen LogP contribution is -2.33. The van der Waals surface area contributed by atoms with Crippen molar-refractivity contribution in [1.82, 2.24) is 5.32 Å². The molecule has 0 amide bonds. The van der Waals surface area contributed by atoms with Crippen LogP contribution in [0.1, 0.15) is 12.8 Å². The summed E-state index contributed by atoms with van der Waals surface area (Å²) >= 11 is 0. The van der Waals surface area contributed by atoms with Gasteiger partial charge in [0.05, 0.1) is 12.0 Å². The van der Waals surface area contributed by atoms with E-state index in [1.165, 1.54) is 12.8 Å². The first-order chi connectivity index (χ1) is 12.3. The van der Waals surface area contributed by atoms with Gasteiger partial charge < -0.3 is 14.5 Å². The van der Waals surface area contributed by atoms with Gasteiger partial charge in [-0.1, -0.05) is 30.3 Å². The standard InChI is InChI=1S/C21H21NO3/c23-19-12-20(16-6-2-1-3-7-16)25-21-11-17(8-9-18(19)21)24-14-15-5-4-10-22-13-15/h1-3,6-9,11-12,15,22H,4-5,10,13-14H2. The van der Waals surface area contributed by atoms with Crippen LogP contribution >= 0.6 is 0 Å². The quantitative estimate of drug-likeness (QED) is 0.787. The topological polar surface area (TPSA) is 51.5 Å². The van der Waals surface area contributed by atoms with Crippen LogP contribution in [0.15, 0.2) is 63.8 Å². The minimum atomic E-state index is -0.0388. The van der Waals surface area contributed by atoms with Gasteiger partial charge in [0.1, 0.15) is 17.1 Å². The third-order valence-corrected chi connectivity index (χ3v) is 4.64. The second-order valence-corrected chi connectivity index (χ2v) is 6.52. The monoisotopic (exact) mass is 335 g/mol. The number of hydrogen-bond acceptors (Lipinski definition) is 4. The van der Waals surface area contributed by atoms with Gasteiger partial charge in [-0.15, -0.1) is 0 Å². The fourth-order valence-electron chi connectivity index (χ4n) is 3.25. The fraction of sp³-hybridized carbons (Fsp3) is 0.286. The molecular formula is C21H21NO3. The number of piperidine rings is 1. The zero-order valence-corrected chi connectivity index (χ0v) is 14.0. The first-order valence-corrected chi connectivity index (χ1v) is 8.76. The Balaban J connectivity index is 1.61. The molecule has 1 unspecified atom stereocenters. The lowest BCUT2D eigenvalue weighted by molar-refractivity contribution is 0.218. The first kappa shape index (κ1) is 15.9. The molecular weight excluding hydrogens is 314 g/mol. The van der Waals surface area contributed by atoms with Crippen LogP contribution in [0, 0.1) is 5.92 Å². The van der Waals surface area contributed by atoms with E-state index >= 15 is 0 Å². The Morgan fingerprint density at radius 3 is 2.80 bits per heavy atom. The van der Waals surface area contributed by atoms with Crippen LogP contribution in [0.25, 0.3) is 22.3 Å². The van der Waals surface area contributed by atoms with Gasteiger partial charge in [-0.25, -0.2) is 0 Å². The van der Waals surface area contributed by atoms with E-state index in [9.17, 15) is 4.79 Å². The molecule has 1 saturated heterocycles. The predicted octanol–water partition coefficient (Wildman–Crippen LogP) is 3.84. The summed E-state index contributed by atoms with van der Waals surface area (Å²) in [6, 6.07) is 16.7. The van der Waals surface area contributed by atoms with Gasteiger partial charge in [-0.05, 0) is 31.5 Å². The highest BCUT2D eigenvalue weighted by Gasteiger charge is 2.14. The molecule has 0 aliphatic carbocycles. The lowest BCUT2D eigenvalue weighted by atomic mass is 10.0. The van der Waals surface area contributed by atoms with Crippen LogP contribution in [0.4, 0.5) is 0 Å². The summed E-state index contributed by atoms with van der Waals surface area (Å²) in [7, 11) is 0. The molecule has 0 bridgehead atoms. The largest absolute Gasteiger partial charge is 0.493 e. The molecule has 1 aliphatic rings. The van der Waals surface area contributed by atoms with Gasteiger partial charge in [0.2, 0.25) is 0 Å². The molecule has 0 saturated carbocycles. The van der Waals surface area contributed by atoms with Crippen molar-refractivity contribution in [1.29, 1.82) is 0 Å². The van der Waals surface area contributed by atoms with Crippen molar-refractivity contribution in [2.24, 2.45) is 5.92 Å². The SMILES string of the molecule is O=c1cc(-c2ccccc2)oc2cc(OCC3CCCNC3)ccc12. The minimum absolute atomic E-state index is 0.0388. The Bertz CT molecular complexity index is 911. The predicted molar refractivity (Wildman–Crippen MR) is 99.0 cm³/mol. The van der Waals surface area contributed by atoms with Crippen LogP contribution in [-0.4, -0.2) is 19.7 Å². The van der Waals surface area contributed by atoms with Gasteiger partial charge in [-0.3, -0.25) is 4.79 Å². The van der Waals surface area contributed by atoms with Crippen LogP contribution in [-0.2, 0) is 0 Å². The van der Waals surface area contributed by atoms with Gasteiger partial charge >= 0.3 is 0 Å². The Hall–Kier alpha value is -2.59. The average molecular weight is 335 g/mol. The van der Waals surface area contributed by atoms with E-state index in [1.54, 1.807) is 12.1 Å². The number of nitrogens with one attached hydrogen (secondary N) is 1. The number of rotatable bonds is 4. The number of fused-ring (bicyclic) bond motifs is 1. The first-order valence-electron chi connectivity index (χ1n) is 8.76. The Labute approximate surface area is 146 Å². The zero-order valence-electron chi connectivity index (χ0n) is 14.0. The number of hydrogen-bond donors (Lipinski definition) is 1. The summed E-state index contributed by atoms with van der Waals surface area (Å²) in [4.78, 5) is 12.4. The van der Waals surface area contributed by atoms with Crippen LogP contribution in [0.5, 0.6) is 5.75 Å². The molecule has 2 aromatic carbocycles. The summed E-state index contributed by atoms with van der Waals surface area (Å²) in [5.41, 5.74) is 1.41. The molecule has 25 heavy (non-hydrogen) atoms. The van der Waals surface area contributed by atoms with Gasteiger partial charge in [0.25, 0.3) is 0 Å². The van der Waals surface area contributed by atoms with Crippen LogP contribution < -0.4 is 15.5 Å². The summed E-state index contributed by atoms with van der Waals surface area (Å²) in [6.45, 7) is 2.78. The highest BCUT2D eigenvalue weighted by Crippen LogP contribution is 2.25. The zero-order chi connectivity index (χ0) is 17.1. The van der Waals surface area contributed by atoms with Crippen molar-refractivity contribution >= 4 is 11.0 Å². The van der Waals surface area contributed by atoms with Crippen molar-refractivity contribution in [3.05, 3.63) is 64.8 Å². The van der Waals surface area contributed by atoms with Crippen molar-refractivity contribution < 1.29 is 9.15 Å². The molecule has 0 spiro atoms. The summed E-state index contributed by atoms with van der Waals surface area (Å²) in [6.07, 6.45) is 2.38. The molecule has 1 N–H and O–H groups in total. The van der Waals surface area contributed by atoms with Gasteiger partial charge in [0.15, 0.2) is 5.43 Å². The molecule has 4 rings (SSSR count). The highest BCUT2D eigenvalue weighted by molar-refractivity contribution is 5.80. The summed E-state index contributed by atoms with van der Waals surface area (Å²) < 4.78 is 11.9. The van der Waals surface area contributed by atoms with Crippen molar-refractivity contribution in [2.75, 3.05) is 19.7 Å². The molecule has 1 aromatic heterocycles.